The van der Waals surface area contributed by atoms with Crippen molar-refractivity contribution in [3.8, 4) is 11.4 Å². The first kappa shape index (κ1) is 17.8. The normalized spacial score (nSPS) is 11.6. The van der Waals surface area contributed by atoms with Gasteiger partial charge in [0.15, 0.2) is 0 Å². The average molecular weight is 342 g/mol. The molecule has 1 heterocycles. The molecule has 0 unspecified atom stereocenters. The second-order valence-corrected chi connectivity index (χ2v) is 5.58. The minimum absolute atomic E-state index is 0.142. The van der Waals surface area contributed by atoms with Gasteiger partial charge >= 0.3 is 18.1 Å². The molecule has 0 aliphatic rings. The molecule has 0 aliphatic heterocycles. The Balaban J connectivity index is 1.93. The molecule has 0 atom stereocenters. The fraction of sp³-hybridized carbons (Fsp3) is 0.400. The predicted octanol–water partition coefficient (Wildman–Crippen LogP) is 3.21. The number of nitrogens with one attached hydrogen (secondary N) is 2. The fourth-order valence-corrected chi connectivity index (χ4v) is 1.77. The third-order valence-electron chi connectivity index (χ3n) is 3.00. The number of alkyl halides is 3. The molecule has 0 saturated heterocycles. The van der Waals surface area contributed by atoms with E-state index >= 15 is 0 Å². The van der Waals surface area contributed by atoms with Crippen LogP contribution < -0.4 is 10.6 Å². The lowest BCUT2D eigenvalue weighted by Gasteiger charge is -2.09. The number of rotatable bonds is 5. The molecule has 130 valence electrons. The highest BCUT2D eigenvalue weighted by Gasteiger charge is 2.38. The van der Waals surface area contributed by atoms with Crippen molar-refractivity contribution in [2.75, 3.05) is 6.54 Å². The van der Waals surface area contributed by atoms with Crippen LogP contribution in [0.15, 0.2) is 28.8 Å². The van der Waals surface area contributed by atoms with Gasteiger partial charge in [0.05, 0.1) is 0 Å². The van der Waals surface area contributed by atoms with E-state index < -0.39 is 12.1 Å². The van der Waals surface area contributed by atoms with Crippen molar-refractivity contribution in [1.82, 2.24) is 20.8 Å². The number of hydrogen-bond donors (Lipinski definition) is 2. The monoisotopic (exact) mass is 342 g/mol. The second-order valence-electron chi connectivity index (χ2n) is 5.58. The lowest BCUT2D eigenvalue weighted by Crippen LogP contribution is -2.36. The molecule has 2 N–H and O–H groups in total. The smallest absolute Gasteiger partial charge is 0.338 e. The molecule has 0 bridgehead atoms. The maximum Gasteiger partial charge on any atom is 0.471 e. The Kier molecular flexibility index (Phi) is 5.42. The minimum atomic E-state index is -4.67. The van der Waals surface area contributed by atoms with E-state index in [9.17, 15) is 18.0 Å². The van der Waals surface area contributed by atoms with E-state index in [1.165, 1.54) is 0 Å². The van der Waals surface area contributed by atoms with Gasteiger partial charge in [0, 0.05) is 18.7 Å². The van der Waals surface area contributed by atoms with Crippen molar-refractivity contribution in [2.45, 2.75) is 26.6 Å². The molecule has 2 amide bonds. The molecule has 0 radical (unpaired) electrons. The Morgan fingerprint density at radius 2 is 1.88 bits per heavy atom. The van der Waals surface area contributed by atoms with Gasteiger partial charge in [0.25, 0.3) is 0 Å². The molecule has 1 aromatic heterocycles. The summed E-state index contributed by atoms with van der Waals surface area (Å²) in [5.41, 5.74) is 1.18. The number of urea groups is 1. The number of benzene rings is 1. The third kappa shape index (κ3) is 4.97. The van der Waals surface area contributed by atoms with Crippen molar-refractivity contribution in [2.24, 2.45) is 5.92 Å². The standard InChI is InChI=1S/C15H17F3N4O2/c1-9(2)7-19-14(23)20-8-10-3-5-11(6-4-10)12-21-13(24-22-12)15(16,17)18/h3-6,9H,7-8H2,1-2H3,(H2,19,20,23). The fourth-order valence-electron chi connectivity index (χ4n) is 1.77. The number of amides is 2. The highest BCUT2D eigenvalue weighted by Crippen LogP contribution is 2.29. The third-order valence-corrected chi connectivity index (χ3v) is 3.00. The van der Waals surface area contributed by atoms with Gasteiger partial charge in [-0.25, -0.2) is 4.79 Å². The van der Waals surface area contributed by atoms with Gasteiger partial charge in [-0.15, -0.1) is 0 Å². The van der Waals surface area contributed by atoms with Crippen LogP contribution in [0, 0.1) is 5.92 Å². The van der Waals surface area contributed by atoms with E-state index in [4.69, 9.17) is 0 Å². The topological polar surface area (TPSA) is 80.0 Å². The van der Waals surface area contributed by atoms with Gasteiger partial charge in [-0.1, -0.05) is 43.3 Å². The van der Waals surface area contributed by atoms with Crippen LogP contribution in [-0.2, 0) is 12.7 Å². The maximum absolute atomic E-state index is 12.4. The first-order chi connectivity index (χ1) is 11.3. The quantitative estimate of drug-likeness (QED) is 0.874. The van der Waals surface area contributed by atoms with Gasteiger partial charge in [-0.05, 0) is 11.5 Å². The van der Waals surface area contributed by atoms with E-state index in [1.54, 1.807) is 24.3 Å². The van der Waals surface area contributed by atoms with Gasteiger partial charge in [-0.2, -0.15) is 18.2 Å². The average Bonchev–Trinajstić information content (AvgIpc) is 3.01. The van der Waals surface area contributed by atoms with Crippen molar-refractivity contribution in [3.05, 3.63) is 35.7 Å². The predicted molar refractivity (Wildman–Crippen MR) is 79.8 cm³/mol. The van der Waals surface area contributed by atoms with Gasteiger partial charge in [0.1, 0.15) is 0 Å². The minimum Gasteiger partial charge on any atom is -0.338 e. The lowest BCUT2D eigenvalue weighted by molar-refractivity contribution is -0.159. The number of carbonyl (C=O) groups is 1. The summed E-state index contributed by atoms with van der Waals surface area (Å²) in [6.45, 7) is 4.84. The first-order valence-electron chi connectivity index (χ1n) is 7.27. The van der Waals surface area contributed by atoms with Crippen molar-refractivity contribution >= 4 is 6.03 Å². The van der Waals surface area contributed by atoms with Crippen molar-refractivity contribution < 1.29 is 22.5 Å². The van der Waals surface area contributed by atoms with Crippen LogP contribution >= 0.6 is 0 Å². The zero-order chi connectivity index (χ0) is 17.7. The van der Waals surface area contributed by atoms with Crippen LogP contribution in [0.5, 0.6) is 0 Å². The summed E-state index contributed by atoms with van der Waals surface area (Å²) >= 11 is 0. The SMILES string of the molecule is CC(C)CNC(=O)NCc1ccc(-c2noc(C(F)(F)F)n2)cc1. The first-order valence-corrected chi connectivity index (χ1v) is 7.27. The summed E-state index contributed by atoms with van der Waals surface area (Å²) in [6.07, 6.45) is -4.67. The van der Waals surface area contributed by atoms with Crippen LogP contribution in [0.25, 0.3) is 11.4 Å². The van der Waals surface area contributed by atoms with Gasteiger partial charge in [0.2, 0.25) is 5.82 Å². The molecular weight excluding hydrogens is 325 g/mol. The Morgan fingerprint density at radius 1 is 1.21 bits per heavy atom. The second kappa shape index (κ2) is 7.33. The number of aromatic nitrogens is 2. The molecule has 0 spiro atoms. The zero-order valence-electron chi connectivity index (χ0n) is 13.1. The van der Waals surface area contributed by atoms with E-state index in [0.29, 0.717) is 24.6 Å². The molecule has 0 aliphatic carbocycles. The van der Waals surface area contributed by atoms with E-state index in [2.05, 4.69) is 25.3 Å². The number of carbonyl (C=O) groups excluding carboxylic acids is 1. The summed E-state index contributed by atoms with van der Waals surface area (Å²) in [7, 11) is 0. The Labute approximate surface area is 136 Å². The van der Waals surface area contributed by atoms with E-state index in [1.807, 2.05) is 13.8 Å². The lowest BCUT2D eigenvalue weighted by atomic mass is 10.1. The van der Waals surface area contributed by atoms with Gasteiger partial charge < -0.3 is 15.2 Å². The van der Waals surface area contributed by atoms with Crippen LogP contribution in [0.2, 0.25) is 0 Å². The summed E-state index contributed by atoms with van der Waals surface area (Å²) in [6, 6.07) is 6.19. The van der Waals surface area contributed by atoms with Crippen molar-refractivity contribution in [3.63, 3.8) is 0 Å². The number of nitrogens with zero attached hydrogens (tertiary/aromatic N) is 2. The number of halogens is 3. The van der Waals surface area contributed by atoms with E-state index in [-0.39, 0.29) is 11.9 Å². The highest BCUT2D eigenvalue weighted by molar-refractivity contribution is 5.73. The molecule has 1 aromatic carbocycles. The maximum atomic E-state index is 12.4. The van der Waals surface area contributed by atoms with Crippen LogP contribution in [-0.4, -0.2) is 22.7 Å². The molecule has 2 rings (SSSR count). The Morgan fingerprint density at radius 3 is 2.42 bits per heavy atom. The van der Waals surface area contributed by atoms with E-state index in [0.717, 1.165) is 5.56 Å². The Bertz CT molecular complexity index is 681. The molecule has 0 saturated carbocycles. The summed E-state index contributed by atoms with van der Waals surface area (Å²) in [4.78, 5) is 14.9. The summed E-state index contributed by atoms with van der Waals surface area (Å²) < 4.78 is 41.5. The zero-order valence-corrected chi connectivity index (χ0v) is 13.1. The summed E-state index contributed by atoms with van der Waals surface area (Å²) in [5.74, 6) is -1.17. The van der Waals surface area contributed by atoms with Gasteiger partial charge in [-0.3, -0.25) is 0 Å². The molecule has 0 fully saturated rings. The summed E-state index contributed by atoms with van der Waals surface area (Å²) in [5, 5.41) is 8.72. The number of hydrogen-bond acceptors (Lipinski definition) is 4. The van der Waals surface area contributed by atoms with Crippen LogP contribution in [0.4, 0.5) is 18.0 Å². The van der Waals surface area contributed by atoms with Crippen molar-refractivity contribution in [1.29, 1.82) is 0 Å². The Hall–Kier alpha value is -2.58. The molecule has 9 heteroatoms. The van der Waals surface area contributed by atoms with Crippen LogP contribution in [0.1, 0.15) is 25.3 Å². The highest BCUT2D eigenvalue weighted by atomic mass is 19.4. The van der Waals surface area contributed by atoms with Crippen LogP contribution in [0.3, 0.4) is 0 Å². The largest absolute Gasteiger partial charge is 0.471 e. The molecule has 2 aromatic rings. The molecular formula is C15H17F3N4O2. The molecule has 24 heavy (non-hydrogen) atoms. The molecule has 6 nitrogen and oxygen atoms in total.